The van der Waals surface area contributed by atoms with Gasteiger partial charge in [-0.3, -0.25) is 4.79 Å². The number of nitrogens with two attached hydrogens (primary N) is 1. The minimum absolute atomic E-state index is 0.0201. The molecular formula is C12H8Cl2FN3O. The summed E-state index contributed by atoms with van der Waals surface area (Å²) in [5.41, 5.74) is 5.48. The molecule has 2 aromatic rings. The number of benzene rings is 1. The van der Waals surface area contributed by atoms with Gasteiger partial charge in [0.2, 0.25) is 5.91 Å². The zero-order valence-electron chi connectivity index (χ0n) is 9.48. The third-order valence-corrected chi connectivity index (χ3v) is 3.05. The number of carbonyl (C=O) groups excluding carboxylic acids is 1. The summed E-state index contributed by atoms with van der Waals surface area (Å²) >= 11 is 11.5. The standard InChI is InChI=1S/C12H8Cl2FN3O/c13-6-2-1-3-7(15)10(6)11(12(16)19)8-4-5-9(14)18-17-8/h1-5,11H,(H2,16,19). The molecule has 1 heterocycles. The van der Waals surface area contributed by atoms with E-state index < -0.39 is 17.6 Å². The minimum Gasteiger partial charge on any atom is -0.369 e. The van der Waals surface area contributed by atoms with Gasteiger partial charge in [0, 0.05) is 10.6 Å². The van der Waals surface area contributed by atoms with Crippen LogP contribution < -0.4 is 5.73 Å². The first kappa shape index (κ1) is 13.7. The lowest BCUT2D eigenvalue weighted by Gasteiger charge is -2.15. The van der Waals surface area contributed by atoms with Crippen LogP contribution in [0.3, 0.4) is 0 Å². The van der Waals surface area contributed by atoms with Crippen molar-refractivity contribution in [3.63, 3.8) is 0 Å². The third kappa shape index (κ3) is 2.83. The molecule has 0 saturated carbocycles. The van der Waals surface area contributed by atoms with Crippen molar-refractivity contribution in [2.45, 2.75) is 5.92 Å². The van der Waals surface area contributed by atoms with Crippen LogP contribution in [-0.4, -0.2) is 16.1 Å². The Morgan fingerprint density at radius 1 is 1.21 bits per heavy atom. The largest absolute Gasteiger partial charge is 0.369 e. The Morgan fingerprint density at radius 3 is 2.47 bits per heavy atom. The van der Waals surface area contributed by atoms with Crippen molar-refractivity contribution in [1.82, 2.24) is 10.2 Å². The molecule has 2 N–H and O–H groups in total. The molecule has 0 saturated heterocycles. The Morgan fingerprint density at radius 2 is 1.95 bits per heavy atom. The van der Waals surface area contributed by atoms with Crippen LogP contribution in [0.15, 0.2) is 30.3 Å². The zero-order chi connectivity index (χ0) is 14.0. The Balaban J connectivity index is 2.58. The average Bonchev–Trinajstić information content (AvgIpc) is 2.35. The second-order valence-corrected chi connectivity index (χ2v) is 4.55. The van der Waals surface area contributed by atoms with Crippen molar-refractivity contribution < 1.29 is 9.18 Å². The summed E-state index contributed by atoms with van der Waals surface area (Å²) in [4.78, 5) is 11.6. The molecule has 0 aliphatic heterocycles. The van der Waals surface area contributed by atoms with E-state index in [4.69, 9.17) is 28.9 Å². The molecule has 4 nitrogen and oxygen atoms in total. The first-order valence-corrected chi connectivity index (χ1v) is 5.98. The van der Waals surface area contributed by atoms with Crippen LogP contribution in [0.5, 0.6) is 0 Å². The fourth-order valence-electron chi connectivity index (χ4n) is 1.70. The maximum atomic E-state index is 13.9. The van der Waals surface area contributed by atoms with Crippen LogP contribution in [0.4, 0.5) is 4.39 Å². The minimum atomic E-state index is -1.11. The molecule has 0 radical (unpaired) electrons. The number of nitrogens with zero attached hydrogens (tertiary/aromatic N) is 2. The van der Waals surface area contributed by atoms with Gasteiger partial charge < -0.3 is 5.73 Å². The molecule has 0 aliphatic carbocycles. The number of amides is 1. The van der Waals surface area contributed by atoms with Crippen LogP contribution in [-0.2, 0) is 4.79 Å². The highest BCUT2D eigenvalue weighted by Crippen LogP contribution is 2.31. The van der Waals surface area contributed by atoms with Crippen LogP contribution >= 0.6 is 23.2 Å². The number of carbonyl (C=O) groups is 1. The smallest absolute Gasteiger partial charge is 0.231 e. The predicted octanol–water partition coefficient (Wildman–Crippen LogP) is 2.54. The fourth-order valence-corrected chi connectivity index (χ4v) is 2.08. The Hall–Kier alpha value is -1.72. The summed E-state index contributed by atoms with van der Waals surface area (Å²) in [6.07, 6.45) is 0. The lowest BCUT2D eigenvalue weighted by atomic mass is 9.94. The Kier molecular flexibility index (Phi) is 3.97. The molecule has 2 rings (SSSR count). The molecule has 0 spiro atoms. The lowest BCUT2D eigenvalue weighted by Crippen LogP contribution is -2.24. The van der Waals surface area contributed by atoms with Crippen molar-refractivity contribution in [3.8, 4) is 0 Å². The van der Waals surface area contributed by atoms with E-state index in [1.807, 2.05) is 0 Å². The van der Waals surface area contributed by atoms with E-state index in [0.717, 1.165) is 0 Å². The second-order valence-electron chi connectivity index (χ2n) is 3.75. The Bertz CT molecular complexity index is 599. The summed E-state index contributed by atoms with van der Waals surface area (Å²) < 4.78 is 13.9. The van der Waals surface area contributed by atoms with Gasteiger partial charge in [-0.25, -0.2) is 4.39 Å². The van der Waals surface area contributed by atoms with Crippen molar-refractivity contribution in [2.75, 3.05) is 0 Å². The first-order valence-electron chi connectivity index (χ1n) is 5.23. The van der Waals surface area contributed by atoms with E-state index >= 15 is 0 Å². The number of hydrogen-bond acceptors (Lipinski definition) is 3. The van der Waals surface area contributed by atoms with Gasteiger partial charge in [0.1, 0.15) is 11.7 Å². The maximum Gasteiger partial charge on any atom is 0.231 e. The topological polar surface area (TPSA) is 68.9 Å². The highest BCUT2D eigenvalue weighted by molar-refractivity contribution is 6.31. The molecule has 19 heavy (non-hydrogen) atoms. The number of hydrogen-bond donors (Lipinski definition) is 1. The lowest BCUT2D eigenvalue weighted by molar-refractivity contribution is -0.118. The van der Waals surface area contributed by atoms with Gasteiger partial charge in [-0.1, -0.05) is 29.3 Å². The molecule has 1 atom stereocenters. The maximum absolute atomic E-state index is 13.9. The van der Waals surface area contributed by atoms with Crippen molar-refractivity contribution in [2.24, 2.45) is 5.73 Å². The highest BCUT2D eigenvalue weighted by Gasteiger charge is 2.27. The summed E-state index contributed by atoms with van der Waals surface area (Å²) in [5, 5.41) is 7.62. The molecule has 0 fully saturated rings. The quantitative estimate of drug-likeness (QED) is 0.947. The SMILES string of the molecule is NC(=O)C(c1ccc(Cl)nn1)c1c(F)cccc1Cl. The van der Waals surface area contributed by atoms with E-state index in [9.17, 15) is 9.18 Å². The van der Waals surface area contributed by atoms with Gasteiger partial charge in [0.15, 0.2) is 5.15 Å². The van der Waals surface area contributed by atoms with Crippen molar-refractivity contribution in [1.29, 1.82) is 0 Å². The van der Waals surface area contributed by atoms with Crippen LogP contribution in [0.2, 0.25) is 10.2 Å². The second kappa shape index (κ2) is 5.50. The van der Waals surface area contributed by atoms with E-state index in [1.54, 1.807) is 0 Å². The van der Waals surface area contributed by atoms with Gasteiger partial charge >= 0.3 is 0 Å². The fraction of sp³-hybridized carbons (Fsp3) is 0.0833. The molecule has 1 amide bonds. The van der Waals surface area contributed by atoms with Gasteiger partial charge in [-0.2, -0.15) is 5.10 Å². The van der Waals surface area contributed by atoms with Gasteiger partial charge in [0.25, 0.3) is 0 Å². The summed E-state index contributed by atoms with van der Waals surface area (Å²) in [7, 11) is 0. The molecule has 7 heteroatoms. The molecular weight excluding hydrogens is 292 g/mol. The molecule has 1 aromatic heterocycles. The van der Waals surface area contributed by atoms with E-state index in [1.165, 1.54) is 30.3 Å². The van der Waals surface area contributed by atoms with E-state index in [-0.39, 0.29) is 21.4 Å². The number of halogens is 3. The highest BCUT2D eigenvalue weighted by atomic mass is 35.5. The van der Waals surface area contributed by atoms with Gasteiger partial charge in [-0.15, -0.1) is 5.10 Å². The number of aromatic nitrogens is 2. The van der Waals surface area contributed by atoms with Crippen LogP contribution in [0, 0.1) is 5.82 Å². The van der Waals surface area contributed by atoms with Crippen LogP contribution in [0.25, 0.3) is 0 Å². The van der Waals surface area contributed by atoms with Gasteiger partial charge in [0.05, 0.1) is 5.69 Å². The molecule has 1 unspecified atom stereocenters. The third-order valence-electron chi connectivity index (χ3n) is 2.52. The average molecular weight is 300 g/mol. The summed E-state index contributed by atoms with van der Waals surface area (Å²) in [5.74, 6) is -2.52. The number of primary amides is 1. The zero-order valence-corrected chi connectivity index (χ0v) is 11.0. The van der Waals surface area contributed by atoms with E-state index in [2.05, 4.69) is 10.2 Å². The molecule has 0 aliphatic rings. The monoisotopic (exact) mass is 299 g/mol. The van der Waals surface area contributed by atoms with Crippen molar-refractivity contribution >= 4 is 29.1 Å². The van der Waals surface area contributed by atoms with E-state index in [0.29, 0.717) is 0 Å². The predicted molar refractivity (Wildman–Crippen MR) is 69.5 cm³/mol. The number of rotatable bonds is 3. The Labute approximate surface area is 118 Å². The first-order chi connectivity index (χ1) is 9.00. The van der Waals surface area contributed by atoms with Gasteiger partial charge in [-0.05, 0) is 24.3 Å². The summed E-state index contributed by atoms with van der Waals surface area (Å²) in [6.45, 7) is 0. The normalized spacial score (nSPS) is 12.2. The molecule has 1 aromatic carbocycles. The van der Waals surface area contributed by atoms with Crippen molar-refractivity contribution in [3.05, 3.63) is 57.6 Å². The van der Waals surface area contributed by atoms with Crippen LogP contribution in [0.1, 0.15) is 17.2 Å². The molecule has 98 valence electrons. The summed E-state index contributed by atoms with van der Waals surface area (Å²) in [6, 6.07) is 6.99. The molecule has 0 bridgehead atoms.